The first-order valence-corrected chi connectivity index (χ1v) is 7.47. The molecule has 0 aromatic heterocycles. The van der Waals surface area contributed by atoms with Crippen LogP contribution < -0.4 is 5.84 Å². The van der Waals surface area contributed by atoms with Crippen LogP contribution >= 0.6 is 0 Å². The Balaban J connectivity index is 2.09. The van der Waals surface area contributed by atoms with Gasteiger partial charge in [-0.05, 0) is 39.8 Å². The summed E-state index contributed by atoms with van der Waals surface area (Å²) in [6.45, 7) is 8.20. The van der Waals surface area contributed by atoms with E-state index in [-0.39, 0.29) is 23.2 Å². The number of hydrogen-bond acceptors (Lipinski definition) is 5. The molecule has 2 N–H and O–H groups in total. The van der Waals surface area contributed by atoms with Gasteiger partial charge in [0.1, 0.15) is 12.4 Å². The molecule has 1 aliphatic rings. The van der Waals surface area contributed by atoms with Crippen molar-refractivity contribution in [2.75, 3.05) is 0 Å². The second-order valence-corrected chi connectivity index (χ2v) is 7.17. The van der Waals surface area contributed by atoms with Crippen molar-refractivity contribution in [3.05, 3.63) is 35.4 Å². The van der Waals surface area contributed by atoms with Crippen LogP contribution in [-0.4, -0.2) is 34.4 Å². The first-order chi connectivity index (χ1) is 10.2. The number of nitrogens with zero attached hydrogens (tertiary/aromatic N) is 1. The number of carbonyl (C=O) groups excluding carboxylic acids is 2. The molecule has 0 amide bonds. The lowest BCUT2D eigenvalue weighted by Gasteiger charge is -2.52. The van der Waals surface area contributed by atoms with Gasteiger partial charge in [0, 0.05) is 29.5 Å². The lowest BCUT2D eigenvalue weighted by molar-refractivity contribution is -0.0884. The second kappa shape index (κ2) is 5.82. The highest BCUT2D eigenvalue weighted by molar-refractivity contribution is 5.90. The Morgan fingerprint density at radius 2 is 1.68 bits per heavy atom. The summed E-state index contributed by atoms with van der Waals surface area (Å²) < 4.78 is 5.66. The molecule has 0 atom stereocenters. The predicted octanol–water partition coefficient (Wildman–Crippen LogP) is 2.55. The van der Waals surface area contributed by atoms with Gasteiger partial charge in [-0.25, -0.2) is 9.80 Å². The van der Waals surface area contributed by atoms with Crippen LogP contribution in [0, 0.1) is 0 Å². The summed E-state index contributed by atoms with van der Waals surface area (Å²) in [5.74, 6) is 5.82. The number of hydrazine groups is 1. The van der Waals surface area contributed by atoms with Crippen LogP contribution in [-0.2, 0) is 4.74 Å². The number of benzene rings is 1. The first-order valence-electron chi connectivity index (χ1n) is 7.47. The van der Waals surface area contributed by atoms with Crippen molar-refractivity contribution in [2.45, 2.75) is 57.7 Å². The molecule has 5 nitrogen and oxygen atoms in total. The molecular weight excluding hydrogens is 280 g/mol. The van der Waals surface area contributed by atoms with Crippen LogP contribution in [0.15, 0.2) is 24.3 Å². The van der Waals surface area contributed by atoms with E-state index in [1.165, 1.54) is 0 Å². The van der Waals surface area contributed by atoms with Gasteiger partial charge < -0.3 is 4.74 Å². The van der Waals surface area contributed by atoms with Gasteiger partial charge >= 0.3 is 5.97 Å². The molecule has 0 saturated carbocycles. The highest BCUT2D eigenvalue weighted by Crippen LogP contribution is 2.37. The van der Waals surface area contributed by atoms with E-state index in [4.69, 9.17) is 10.6 Å². The molecule has 0 radical (unpaired) electrons. The Bertz CT molecular complexity index is 546. The fourth-order valence-electron chi connectivity index (χ4n) is 3.20. The molecule has 5 heteroatoms. The van der Waals surface area contributed by atoms with Crippen molar-refractivity contribution >= 4 is 12.3 Å². The minimum atomic E-state index is -0.362. The molecule has 1 aromatic rings. The number of nitrogens with two attached hydrogens (primary N) is 1. The SMILES string of the molecule is CC1(C)CC(OC(=O)c2ccc(C=O)cc2)CC(C)(C)N1N. The van der Waals surface area contributed by atoms with Gasteiger partial charge in [-0.1, -0.05) is 12.1 Å². The minimum absolute atomic E-state index is 0.178. The number of hydrogen-bond donors (Lipinski definition) is 1. The maximum Gasteiger partial charge on any atom is 0.338 e. The van der Waals surface area contributed by atoms with Crippen molar-refractivity contribution in [3.63, 3.8) is 0 Å². The number of esters is 1. The molecule has 1 saturated heterocycles. The number of carbonyl (C=O) groups is 2. The zero-order valence-corrected chi connectivity index (χ0v) is 13.6. The molecule has 120 valence electrons. The second-order valence-electron chi connectivity index (χ2n) is 7.17. The van der Waals surface area contributed by atoms with Gasteiger partial charge in [-0.15, -0.1) is 0 Å². The van der Waals surface area contributed by atoms with E-state index in [0.29, 0.717) is 24.0 Å². The standard InChI is InChI=1S/C17H24N2O3/c1-16(2)9-14(10-17(3,4)19(16)18)22-15(21)13-7-5-12(11-20)6-8-13/h5-8,11,14H,9-10,18H2,1-4H3. The molecule has 1 fully saturated rings. The fraction of sp³-hybridized carbons (Fsp3) is 0.529. The topological polar surface area (TPSA) is 72.6 Å². The van der Waals surface area contributed by atoms with Gasteiger partial charge in [-0.2, -0.15) is 0 Å². The average Bonchev–Trinajstić information content (AvgIpc) is 2.44. The maximum absolute atomic E-state index is 12.3. The van der Waals surface area contributed by atoms with Crippen LogP contribution in [0.2, 0.25) is 0 Å². The molecule has 0 unspecified atom stereocenters. The van der Waals surface area contributed by atoms with Gasteiger partial charge in [0.25, 0.3) is 0 Å². The molecule has 0 spiro atoms. The van der Waals surface area contributed by atoms with Crippen molar-refractivity contribution in [1.82, 2.24) is 5.01 Å². The number of ether oxygens (including phenoxy) is 1. The van der Waals surface area contributed by atoms with Crippen LogP contribution in [0.5, 0.6) is 0 Å². The summed E-state index contributed by atoms with van der Waals surface area (Å²) in [6.07, 6.45) is 1.94. The van der Waals surface area contributed by atoms with Crippen LogP contribution in [0.1, 0.15) is 61.3 Å². The Kier molecular flexibility index (Phi) is 4.40. The Morgan fingerprint density at radius 1 is 1.18 bits per heavy atom. The third kappa shape index (κ3) is 3.36. The Labute approximate surface area is 131 Å². The zero-order valence-electron chi connectivity index (χ0n) is 13.6. The predicted molar refractivity (Wildman–Crippen MR) is 84.5 cm³/mol. The highest BCUT2D eigenvalue weighted by Gasteiger charge is 2.45. The molecule has 0 bridgehead atoms. The number of aldehydes is 1. The molecule has 22 heavy (non-hydrogen) atoms. The lowest BCUT2D eigenvalue weighted by Crippen LogP contribution is -2.65. The fourth-order valence-corrected chi connectivity index (χ4v) is 3.20. The van der Waals surface area contributed by atoms with E-state index >= 15 is 0 Å². The van der Waals surface area contributed by atoms with Crippen molar-refractivity contribution in [2.24, 2.45) is 5.84 Å². The van der Waals surface area contributed by atoms with Crippen molar-refractivity contribution in [1.29, 1.82) is 0 Å². The third-order valence-electron chi connectivity index (χ3n) is 4.31. The largest absolute Gasteiger partial charge is 0.459 e. The van der Waals surface area contributed by atoms with Crippen LogP contribution in [0.4, 0.5) is 0 Å². The number of piperidine rings is 1. The normalized spacial score (nSPS) is 21.3. The Morgan fingerprint density at radius 3 is 2.14 bits per heavy atom. The van der Waals surface area contributed by atoms with Crippen LogP contribution in [0.3, 0.4) is 0 Å². The molecule has 0 aliphatic carbocycles. The maximum atomic E-state index is 12.3. The third-order valence-corrected chi connectivity index (χ3v) is 4.31. The van der Waals surface area contributed by atoms with Crippen molar-refractivity contribution in [3.8, 4) is 0 Å². The first kappa shape index (κ1) is 16.6. The van der Waals surface area contributed by atoms with E-state index < -0.39 is 0 Å². The monoisotopic (exact) mass is 304 g/mol. The summed E-state index contributed by atoms with van der Waals surface area (Å²) in [5.41, 5.74) is 0.508. The van der Waals surface area contributed by atoms with Gasteiger partial charge in [0.05, 0.1) is 5.56 Å². The molecule has 1 heterocycles. The minimum Gasteiger partial charge on any atom is -0.459 e. The van der Waals surface area contributed by atoms with E-state index in [0.717, 1.165) is 6.29 Å². The van der Waals surface area contributed by atoms with E-state index in [1.54, 1.807) is 24.3 Å². The highest BCUT2D eigenvalue weighted by atomic mass is 16.5. The van der Waals surface area contributed by atoms with Gasteiger partial charge in [-0.3, -0.25) is 10.6 Å². The smallest absolute Gasteiger partial charge is 0.338 e. The van der Waals surface area contributed by atoms with E-state index in [2.05, 4.69) is 0 Å². The van der Waals surface area contributed by atoms with Gasteiger partial charge in [0.2, 0.25) is 0 Å². The lowest BCUT2D eigenvalue weighted by atomic mass is 9.80. The quantitative estimate of drug-likeness (QED) is 0.528. The van der Waals surface area contributed by atoms with Crippen LogP contribution in [0.25, 0.3) is 0 Å². The molecular formula is C17H24N2O3. The van der Waals surface area contributed by atoms with E-state index in [1.807, 2.05) is 32.7 Å². The average molecular weight is 304 g/mol. The molecule has 1 aliphatic heterocycles. The summed E-state index contributed by atoms with van der Waals surface area (Å²) in [4.78, 5) is 22.9. The summed E-state index contributed by atoms with van der Waals surface area (Å²) in [7, 11) is 0. The van der Waals surface area contributed by atoms with Gasteiger partial charge in [0.15, 0.2) is 0 Å². The summed E-state index contributed by atoms with van der Waals surface area (Å²) in [6, 6.07) is 6.45. The van der Waals surface area contributed by atoms with Crippen molar-refractivity contribution < 1.29 is 14.3 Å². The number of rotatable bonds is 3. The summed E-state index contributed by atoms with van der Waals surface area (Å²) in [5, 5.41) is 1.85. The summed E-state index contributed by atoms with van der Waals surface area (Å²) >= 11 is 0. The molecule has 1 aromatic carbocycles. The van der Waals surface area contributed by atoms with E-state index in [9.17, 15) is 9.59 Å². The Hall–Kier alpha value is -1.72. The zero-order chi connectivity index (χ0) is 16.5. The molecule has 2 rings (SSSR count).